The quantitative estimate of drug-likeness (QED) is 0.697. The van der Waals surface area contributed by atoms with Crippen LogP contribution in [0.25, 0.3) is 0 Å². The summed E-state index contributed by atoms with van der Waals surface area (Å²) in [6, 6.07) is 7.62. The van der Waals surface area contributed by atoms with E-state index in [1.807, 2.05) is 19.9 Å². The first kappa shape index (κ1) is 21.3. The standard InChI is InChI=1S/C20H27N3O5S/c1-4-14(2)23(16-10-11-29(27,28)13-16)17(24)12-22-18(25)20(3,21-19(22)26)15-8-6-5-7-9-15/h5-9,14,16H,4,10-13H2,1-3H3,(H,21,26)/t14-,16-,20-/m1/s1. The van der Waals surface area contributed by atoms with Crippen LogP contribution in [-0.4, -0.2) is 66.2 Å². The van der Waals surface area contributed by atoms with Crippen molar-refractivity contribution in [3.63, 3.8) is 0 Å². The molecule has 1 aromatic carbocycles. The zero-order valence-electron chi connectivity index (χ0n) is 16.9. The smallest absolute Gasteiger partial charge is 0.325 e. The molecular formula is C20H27N3O5S. The molecule has 0 aliphatic carbocycles. The summed E-state index contributed by atoms with van der Waals surface area (Å²) in [5.41, 5.74) is -0.606. The van der Waals surface area contributed by atoms with Gasteiger partial charge in [-0.1, -0.05) is 37.3 Å². The number of rotatable bonds is 6. The Bertz CT molecular complexity index is 917. The van der Waals surface area contributed by atoms with E-state index in [9.17, 15) is 22.8 Å². The third kappa shape index (κ3) is 4.01. The average Bonchev–Trinajstić information content (AvgIpc) is 3.14. The van der Waals surface area contributed by atoms with Crippen molar-refractivity contribution in [3.05, 3.63) is 35.9 Å². The van der Waals surface area contributed by atoms with Crippen LogP contribution < -0.4 is 5.32 Å². The molecule has 2 fully saturated rings. The molecule has 0 unspecified atom stereocenters. The van der Waals surface area contributed by atoms with Crippen LogP contribution in [0.1, 0.15) is 39.2 Å². The Morgan fingerprint density at radius 3 is 2.52 bits per heavy atom. The maximum Gasteiger partial charge on any atom is 0.325 e. The fourth-order valence-corrected chi connectivity index (χ4v) is 5.74. The number of carbonyl (C=O) groups is 3. The van der Waals surface area contributed by atoms with Crippen LogP contribution in [0, 0.1) is 0 Å². The minimum atomic E-state index is -3.17. The lowest BCUT2D eigenvalue weighted by molar-refractivity contribution is -0.141. The molecule has 1 N–H and O–H groups in total. The number of nitrogens with zero attached hydrogens (tertiary/aromatic N) is 2. The highest BCUT2D eigenvalue weighted by Crippen LogP contribution is 2.29. The Morgan fingerprint density at radius 2 is 1.97 bits per heavy atom. The minimum Gasteiger partial charge on any atom is -0.334 e. The molecule has 8 nitrogen and oxygen atoms in total. The van der Waals surface area contributed by atoms with Gasteiger partial charge in [0, 0.05) is 12.1 Å². The Balaban J connectivity index is 1.81. The molecule has 29 heavy (non-hydrogen) atoms. The number of amides is 4. The Kier molecular flexibility index (Phi) is 5.71. The van der Waals surface area contributed by atoms with Crippen molar-refractivity contribution in [3.8, 4) is 0 Å². The number of nitrogens with one attached hydrogen (secondary N) is 1. The summed E-state index contributed by atoms with van der Waals surface area (Å²) in [5.74, 6) is -0.939. The first-order valence-electron chi connectivity index (χ1n) is 9.80. The molecule has 2 aliphatic heterocycles. The number of carbonyl (C=O) groups excluding carboxylic acids is 3. The SMILES string of the molecule is CC[C@@H](C)N(C(=O)CN1C(=O)N[C@](C)(c2ccccc2)C1=O)[C@@H]1CCS(=O)(=O)C1. The van der Waals surface area contributed by atoms with Gasteiger partial charge in [-0.2, -0.15) is 0 Å². The van der Waals surface area contributed by atoms with Gasteiger partial charge in [0.1, 0.15) is 12.1 Å². The number of hydrogen-bond donors (Lipinski definition) is 1. The average molecular weight is 422 g/mol. The number of urea groups is 1. The molecule has 2 aliphatic rings. The second kappa shape index (κ2) is 7.78. The highest BCUT2D eigenvalue weighted by atomic mass is 32.2. The molecule has 2 heterocycles. The second-order valence-corrected chi connectivity index (χ2v) is 10.2. The van der Waals surface area contributed by atoms with Gasteiger partial charge in [0.2, 0.25) is 5.91 Å². The molecule has 9 heteroatoms. The Labute approximate surface area is 171 Å². The molecular weight excluding hydrogens is 394 g/mol. The fraction of sp³-hybridized carbons (Fsp3) is 0.550. The monoisotopic (exact) mass is 421 g/mol. The van der Waals surface area contributed by atoms with Crippen LogP contribution in [0.5, 0.6) is 0 Å². The van der Waals surface area contributed by atoms with Crippen LogP contribution in [0.4, 0.5) is 4.79 Å². The van der Waals surface area contributed by atoms with Gasteiger partial charge in [0.05, 0.1) is 11.5 Å². The second-order valence-electron chi connectivity index (χ2n) is 7.93. The lowest BCUT2D eigenvalue weighted by Gasteiger charge is -2.34. The molecule has 0 bridgehead atoms. The maximum atomic E-state index is 13.1. The first-order valence-corrected chi connectivity index (χ1v) is 11.6. The van der Waals surface area contributed by atoms with Crippen LogP contribution >= 0.6 is 0 Å². The predicted molar refractivity (Wildman–Crippen MR) is 108 cm³/mol. The third-order valence-electron chi connectivity index (χ3n) is 5.87. The molecule has 158 valence electrons. The number of benzene rings is 1. The molecule has 0 spiro atoms. The van der Waals surface area contributed by atoms with Crippen molar-refractivity contribution in [2.24, 2.45) is 0 Å². The zero-order valence-corrected chi connectivity index (χ0v) is 17.7. The highest BCUT2D eigenvalue weighted by molar-refractivity contribution is 7.91. The number of hydrogen-bond acceptors (Lipinski definition) is 5. The molecule has 1 aromatic rings. The molecule has 3 rings (SSSR count). The number of sulfone groups is 1. The summed E-state index contributed by atoms with van der Waals surface area (Å²) >= 11 is 0. The van der Waals surface area contributed by atoms with Gasteiger partial charge < -0.3 is 10.2 Å². The van der Waals surface area contributed by atoms with E-state index < -0.39 is 45.8 Å². The van der Waals surface area contributed by atoms with Crippen LogP contribution in [-0.2, 0) is 25.0 Å². The van der Waals surface area contributed by atoms with E-state index in [0.29, 0.717) is 18.4 Å². The van der Waals surface area contributed by atoms with E-state index >= 15 is 0 Å². The topological polar surface area (TPSA) is 104 Å². The Morgan fingerprint density at radius 1 is 1.31 bits per heavy atom. The lowest BCUT2D eigenvalue weighted by atomic mass is 9.92. The largest absolute Gasteiger partial charge is 0.334 e. The van der Waals surface area contributed by atoms with Crippen LogP contribution in [0.3, 0.4) is 0 Å². The van der Waals surface area contributed by atoms with Gasteiger partial charge in [-0.15, -0.1) is 0 Å². The van der Waals surface area contributed by atoms with Gasteiger partial charge in [-0.05, 0) is 32.3 Å². The normalized spacial score (nSPS) is 27.0. The van der Waals surface area contributed by atoms with E-state index in [-0.39, 0.29) is 17.5 Å². The van der Waals surface area contributed by atoms with Gasteiger partial charge in [-0.25, -0.2) is 13.2 Å². The fourth-order valence-electron chi connectivity index (χ4n) is 4.03. The van der Waals surface area contributed by atoms with Crippen LogP contribution in [0.15, 0.2) is 30.3 Å². The predicted octanol–water partition coefficient (Wildman–Crippen LogP) is 1.27. The zero-order chi connectivity index (χ0) is 21.4. The summed E-state index contributed by atoms with van der Waals surface area (Å²) in [6.07, 6.45) is 1.02. The van der Waals surface area contributed by atoms with E-state index in [0.717, 1.165) is 4.90 Å². The summed E-state index contributed by atoms with van der Waals surface area (Å²) in [6.45, 7) is 4.97. The van der Waals surface area contributed by atoms with Crippen molar-refractivity contribution in [2.45, 2.75) is 51.2 Å². The van der Waals surface area contributed by atoms with Crippen molar-refractivity contribution < 1.29 is 22.8 Å². The summed E-state index contributed by atoms with van der Waals surface area (Å²) in [7, 11) is -3.17. The van der Waals surface area contributed by atoms with E-state index in [4.69, 9.17) is 0 Å². The van der Waals surface area contributed by atoms with Gasteiger partial charge in [-0.3, -0.25) is 14.5 Å². The maximum absolute atomic E-state index is 13.1. The summed E-state index contributed by atoms with van der Waals surface area (Å²) in [4.78, 5) is 41.1. The molecule has 4 amide bonds. The van der Waals surface area contributed by atoms with Crippen molar-refractivity contribution in [2.75, 3.05) is 18.1 Å². The summed E-state index contributed by atoms with van der Waals surface area (Å²) < 4.78 is 23.8. The molecule has 0 radical (unpaired) electrons. The minimum absolute atomic E-state index is 0.0487. The van der Waals surface area contributed by atoms with Crippen molar-refractivity contribution >= 4 is 27.7 Å². The summed E-state index contributed by atoms with van der Waals surface area (Å²) in [5, 5.41) is 2.69. The van der Waals surface area contributed by atoms with E-state index in [2.05, 4.69) is 5.32 Å². The molecule has 0 saturated carbocycles. The van der Waals surface area contributed by atoms with E-state index in [1.165, 1.54) is 0 Å². The van der Waals surface area contributed by atoms with Crippen LogP contribution in [0.2, 0.25) is 0 Å². The van der Waals surface area contributed by atoms with Gasteiger partial charge in [0.15, 0.2) is 9.84 Å². The molecule has 0 aromatic heterocycles. The van der Waals surface area contributed by atoms with Crippen molar-refractivity contribution in [1.82, 2.24) is 15.1 Å². The Hall–Kier alpha value is -2.42. The van der Waals surface area contributed by atoms with E-state index in [1.54, 1.807) is 36.1 Å². The lowest BCUT2D eigenvalue weighted by Crippen LogP contribution is -2.51. The number of imide groups is 1. The molecule has 2 saturated heterocycles. The third-order valence-corrected chi connectivity index (χ3v) is 7.63. The van der Waals surface area contributed by atoms with Gasteiger partial charge >= 0.3 is 6.03 Å². The highest BCUT2D eigenvalue weighted by Gasteiger charge is 2.50. The van der Waals surface area contributed by atoms with Gasteiger partial charge in [0.25, 0.3) is 5.91 Å². The first-order chi connectivity index (χ1) is 13.6. The van der Waals surface area contributed by atoms with Crippen molar-refractivity contribution in [1.29, 1.82) is 0 Å². The molecule has 3 atom stereocenters.